The van der Waals surface area contributed by atoms with Gasteiger partial charge in [-0.15, -0.1) is 0 Å². The number of hydrogen-bond acceptors (Lipinski definition) is 3. The smallest absolute Gasteiger partial charge is 0.387 e. The average Bonchev–Trinajstić information content (AvgIpc) is 2.51. The number of anilines is 2. The van der Waals surface area contributed by atoms with Gasteiger partial charge in [0.2, 0.25) is 0 Å². The van der Waals surface area contributed by atoms with Gasteiger partial charge in [0, 0.05) is 11.4 Å². The van der Waals surface area contributed by atoms with Gasteiger partial charge in [-0.2, -0.15) is 8.78 Å². The lowest BCUT2D eigenvalue weighted by Gasteiger charge is -2.09. The number of carbonyl (C=O) groups excluding carboxylic acids is 1. The number of ether oxygens (including phenoxy) is 2. The molecule has 2 N–H and O–H groups in total. The highest BCUT2D eigenvalue weighted by molar-refractivity contribution is 5.99. The summed E-state index contributed by atoms with van der Waals surface area (Å²) in [6.07, 6.45) is 0. The monoisotopic (exact) mass is 322 g/mol. The predicted molar refractivity (Wildman–Crippen MR) is 83.3 cm³/mol. The fraction of sp³-hybridized carbons (Fsp3) is 0.188. The maximum absolute atomic E-state index is 12.0. The number of nitrogens with one attached hydrogen (secondary N) is 2. The van der Waals surface area contributed by atoms with Crippen LogP contribution in [-0.4, -0.2) is 19.2 Å². The molecule has 0 aliphatic heterocycles. The molecule has 0 bridgehead atoms. The van der Waals surface area contributed by atoms with Crippen molar-refractivity contribution in [3.05, 3.63) is 48.5 Å². The highest BCUT2D eigenvalue weighted by Gasteiger charge is 2.06. The number of benzene rings is 2. The normalized spacial score (nSPS) is 10.3. The lowest BCUT2D eigenvalue weighted by atomic mass is 10.3. The van der Waals surface area contributed by atoms with Crippen molar-refractivity contribution in [2.45, 2.75) is 13.5 Å². The fourth-order valence-corrected chi connectivity index (χ4v) is 1.81. The zero-order chi connectivity index (χ0) is 16.7. The first-order valence-corrected chi connectivity index (χ1v) is 6.92. The zero-order valence-corrected chi connectivity index (χ0v) is 12.4. The maximum atomic E-state index is 12.0. The maximum Gasteiger partial charge on any atom is 0.387 e. The Hall–Kier alpha value is -2.83. The molecule has 2 rings (SSSR count). The van der Waals surface area contributed by atoms with E-state index in [1.165, 1.54) is 24.3 Å². The molecule has 2 aromatic carbocycles. The molecule has 0 saturated heterocycles. The Morgan fingerprint density at radius 3 is 1.87 bits per heavy atom. The Bertz CT molecular complexity index is 631. The standard InChI is InChI=1S/C16H16F2N2O3/c1-2-22-13-7-3-11(4-8-13)19-16(21)20-12-5-9-14(10-6-12)23-15(17)18/h3-10,15H,2H2,1H3,(H2,19,20,21). The number of alkyl halides is 2. The summed E-state index contributed by atoms with van der Waals surface area (Å²) in [7, 11) is 0. The molecule has 23 heavy (non-hydrogen) atoms. The Labute approximate surface area is 132 Å². The first kappa shape index (κ1) is 16.5. The van der Waals surface area contributed by atoms with Crippen LogP contribution in [0.15, 0.2) is 48.5 Å². The molecule has 0 aromatic heterocycles. The van der Waals surface area contributed by atoms with Crippen LogP contribution in [0.25, 0.3) is 0 Å². The van der Waals surface area contributed by atoms with Gasteiger partial charge in [-0.05, 0) is 55.5 Å². The first-order chi connectivity index (χ1) is 11.1. The molecule has 5 nitrogen and oxygen atoms in total. The molecule has 2 aromatic rings. The summed E-state index contributed by atoms with van der Waals surface area (Å²) in [4.78, 5) is 11.9. The molecule has 0 aliphatic carbocycles. The van der Waals surface area contributed by atoms with Gasteiger partial charge in [0.25, 0.3) is 0 Å². The number of hydrogen-bond donors (Lipinski definition) is 2. The van der Waals surface area contributed by atoms with Crippen LogP contribution >= 0.6 is 0 Å². The highest BCUT2D eigenvalue weighted by atomic mass is 19.3. The molecule has 0 atom stereocenters. The van der Waals surface area contributed by atoms with Crippen molar-refractivity contribution in [2.75, 3.05) is 17.2 Å². The first-order valence-electron chi connectivity index (χ1n) is 6.92. The van der Waals surface area contributed by atoms with E-state index in [0.29, 0.717) is 23.7 Å². The van der Waals surface area contributed by atoms with E-state index < -0.39 is 12.6 Å². The average molecular weight is 322 g/mol. The minimum Gasteiger partial charge on any atom is -0.494 e. The second-order valence-electron chi connectivity index (χ2n) is 4.44. The molecular weight excluding hydrogens is 306 g/mol. The number of amides is 2. The van der Waals surface area contributed by atoms with E-state index in [-0.39, 0.29) is 5.75 Å². The Balaban J connectivity index is 1.88. The Morgan fingerprint density at radius 1 is 0.957 bits per heavy atom. The van der Waals surface area contributed by atoms with Crippen LogP contribution in [-0.2, 0) is 0 Å². The van der Waals surface area contributed by atoms with Crippen LogP contribution in [0.3, 0.4) is 0 Å². The van der Waals surface area contributed by atoms with E-state index in [9.17, 15) is 13.6 Å². The third-order valence-electron chi connectivity index (χ3n) is 2.76. The van der Waals surface area contributed by atoms with Crippen LogP contribution in [0.4, 0.5) is 25.0 Å². The third kappa shape index (κ3) is 5.46. The van der Waals surface area contributed by atoms with Crippen LogP contribution < -0.4 is 20.1 Å². The predicted octanol–water partition coefficient (Wildman–Crippen LogP) is 4.33. The number of carbonyl (C=O) groups is 1. The van der Waals surface area contributed by atoms with E-state index in [1.54, 1.807) is 24.3 Å². The van der Waals surface area contributed by atoms with Gasteiger partial charge < -0.3 is 20.1 Å². The highest BCUT2D eigenvalue weighted by Crippen LogP contribution is 2.19. The molecule has 7 heteroatoms. The largest absolute Gasteiger partial charge is 0.494 e. The van der Waals surface area contributed by atoms with Gasteiger partial charge in [0.05, 0.1) is 6.61 Å². The van der Waals surface area contributed by atoms with E-state index in [2.05, 4.69) is 15.4 Å². The van der Waals surface area contributed by atoms with E-state index >= 15 is 0 Å². The van der Waals surface area contributed by atoms with Gasteiger partial charge in [-0.25, -0.2) is 4.79 Å². The number of rotatable bonds is 6. The molecule has 0 fully saturated rings. The van der Waals surface area contributed by atoms with Crippen LogP contribution in [0.5, 0.6) is 11.5 Å². The van der Waals surface area contributed by atoms with Crippen molar-refractivity contribution in [2.24, 2.45) is 0 Å². The molecule has 0 aliphatic rings. The van der Waals surface area contributed by atoms with Crippen molar-refractivity contribution in [1.29, 1.82) is 0 Å². The second kappa shape index (κ2) is 7.98. The zero-order valence-electron chi connectivity index (χ0n) is 12.4. The topological polar surface area (TPSA) is 59.6 Å². The van der Waals surface area contributed by atoms with Crippen molar-refractivity contribution in [3.63, 3.8) is 0 Å². The van der Waals surface area contributed by atoms with Crippen LogP contribution in [0, 0.1) is 0 Å². The van der Waals surface area contributed by atoms with Gasteiger partial charge in [0.1, 0.15) is 11.5 Å². The molecule has 0 saturated carbocycles. The van der Waals surface area contributed by atoms with Gasteiger partial charge in [-0.1, -0.05) is 0 Å². The quantitative estimate of drug-likeness (QED) is 0.832. The van der Waals surface area contributed by atoms with E-state index in [1.807, 2.05) is 6.92 Å². The minimum absolute atomic E-state index is 0.0254. The molecule has 122 valence electrons. The molecule has 2 amide bonds. The van der Waals surface area contributed by atoms with Crippen molar-refractivity contribution in [1.82, 2.24) is 0 Å². The van der Waals surface area contributed by atoms with Crippen LogP contribution in [0.2, 0.25) is 0 Å². The lowest BCUT2D eigenvalue weighted by molar-refractivity contribution is -0.0498. The molecule has 0 unspecified atom stereocenters. The summed E-state index contributed by atoms with van der Waals surface area (Å²) in [5.74, 6) is 0.741. The second-order valence-corrected chi connectivity index (χ2v) is 4.44. The minimum atomic E-state index is -2.88. The summed E-state index contributed by atoms with van der Waals surface area (Å²) in [5, 5.41) is 5.24. The SMILES string of the molecule is CCOc1ccc(NC(=O)Nc2ccc(OC(F)F)cc2)cc1. The van der Waals surface area contributed by atoms with Crippen LogP contribution in [0.1, 0.15) is 6.92 Å². The van der Waals surface area contributed by atoms with Crippen molar-refractivity contribution in [3.8, 4) is 11.5 Å². The Morgan fingerprint density at radius 2 is 1.43 bits per heavy atom. The fourth-order valence-electron chi connectivity index (χ4n) is 1.81. The Kier molecular flexibility index (Phi) is 5.74. The van der Waals surface area contributed by atoms with Crippen molar-refractivity contribution < 1.29 is 23.0 Å². The summed E-state index contributed by atoms with van der Waals surface area (Å²) in [6.45, 7) is -0.424. The molecular formula is C16H16F2N2O3. The van der Waals surface area contributed by atoms with E-state index in [4.69, 9.17) is 4.74 Å². The summed E-state index contributed by atoms with van der Waals surface area (Å²) >= 11 is 0. The number of urea groups is 1. The molecule has 0 radical (unpaired) electrons. The summed E-state index contributed by atoms with van der Waals surface area (Å²) in [6, 6.07) is 12.1. The number of halogens is 2. The van der Waals surface area contributed by atoms with E-state index in [0.717, 1.165) is 0 Å². The van der Waals surface area contributed by atoms with Crippen molar-refractivity contribution >= 4 is 17.4 Å². The molecule has 0 heterocycles. The molecule has 0 spiro atoms. The van der Waals surface area contributed by atoms with Gasteiger partial charge in [-0.3, -0.25) is 0 Å². The summed E-state index contributed by atoms with van der Waals surface area (Å²) < 4.78 is 33.6. The lowest BCUT2D eigenvalue weighted by Crippen LogP contribution is -2.19. The third-order valence-corrected chi connectivity index (χ3v) is 2.76. The van der Waals surface area contributed by atoms with Gasteiger partial charge in [0.15, 0.2) is 0 Å². The van der Waals surface area contributed by atoms with Gasteiger partial charge >= 0.3 is 12.6 Å². The summed E-state index contributed by atoms with van der Waals surface area (Å²) in [5.41, 5.74) is 1.05.